The van der Waals surface area contributed by atoms with E-state index in [1.54, 1.807) is 18.6 Å². The molecule has 2 aromatic rings. The van der Waals surface area contributed by atoms with Crippen molar-refractivity contribution in [1.82, 2.24) is 24.4 Å². The van der Waals surface area contributed by atoms with Gasteiger partial charge < -0.3 is 14.2 Å². The number of imidazole rings is 1. The maximum Gasteiger partial charge on any atom is 0.227 e. The molecule has 4 heterocycles. The first-order valence-electron chi connectivity index (χ1n) is 10.7. The molecular weight excluding hydrogens is 404 g/mol. The highest BCUT2D eigenvalue weighted by atomic mass is 32.2. The molecule has 2 saturated heterocycles. The van der Waals surface area contributed by atoms with Crippen LogP contribution in [0.3, 0.4) is 0 Å². The molecule has 1 atom stereocenters. The van der Waals surface area contributed by atoms with Crippen LogP contribution >= 0.6 is 0 Å². The summed E-state index contributed by atoms with van der Waals surface area (Å²) < 4.78 is 33.2. The van der Waals surface area contributed by atoms with E-state index in [9.17, 15) is 8.42 Å². The summed E-state index contributed by atoms with van der Waals surface area (Å²) in [4.78, 5) is 17.5. The number of hydrogen-bond donors (Lipinski definition) is 0. The third-order valence-electron chi connectivity index (χ3n) is 5.66. The van der Waals surface area contributed by atoms with Gasteiger partial charge in [-0.15, -0.1) is 0 Å². The SMILES string of the molecule is CCCS(=O)(=O)c1ncc(CN2CCN(c3ncccn3)CC2)n1CC1CCCO1. The van der Waals surface area contributed by atoms with Gasteiger partial charge in [-0.2, -0.15) is 0 Å². The predicted molar refractivity (Wildman–Crippen MR) is 113 cm³/mol. The lowest BCUT2D eigenvalue weighted by Gasteiger charge is -2.34. The Morgan fingerprint density at radius 1 is 1.13 bits per heavy atom. The number of hydrogen-bond acceptors (Lipinski definition) is 8. The molecule has 1 unspecified atom stereocenters. The van der Waals surface area contributed by atoms with Crippen LogP contribution in [0.2, 0.25) is 0 Å². The first kappa shape index (κ1) is 21.2. The molecule has 30 heavy (non-hydrogen) atoms. The van der Waals surface area contributed by atoms with Crippen LogP contribution < -0.4 is 4.90 Å². The minimum atomic E-state index is -3.39. The van der Waals surface area contributed by atoms with Gasteiger partial charge in [0.15, 0.2) is 0 Å². The first-order valence-corrected chi connectivity index (χ1v) is 12.3. The second-order valence-electron chi connectivity index (χ2n) is 7.91. The van der Waals surface area contributed by atoms with Crippen molar-refractivity contribution >= 4 is 15.8 Å². The van der Waals surface area contributed by atoms with E-state index < -0.39 is 9.84 Å². The quantitative estimate of drug-likeness (QED) is 0.615. The van der Waals surface area contributed by atoms with Gasteiger partial charge in [0.1, 0.15) is 0 Å². The van der Waals surface area contributed by atoms with Crippen LogP contribution in [0.25, 0.3) is 0 Å². The number of aromatic nitrogens is 4. The minimum Gasteiger partial charge on any atom is -0.376 e. The summed E-state index contributed by atoms with van der Waals surface area (Å²) in [6.07, 6.45) is 7.86. The van der Waals surface area contributed by atoms with Crippen molar-refractivity contribution in [2.75, 3.05) is 43.4 Å². The fourth-order valence-electron chi connectivity index (χ4n) is 4.10. The van der Waals surface area contributed by atoms with Crippen LogP contribution in [0.5, 0.6) is 0 Å². The summed E-state index contributed by atoms with van der Waals surface area (Å²) in [5, 5.41) is 0.186. The van der Waals surface area contributed by atoms with E-state index in [0.717, 1.165) is 57.3 Å². The third kappa shape index (κ3) is 4.81. The zero-order valence-electron chi connectivity index (χ0n) is 17.5. The van der Waals surface area contributed by atoms with Gasteiger partial charge in [0, 0.05) is 51.7 Å². The van der Waals surface area contributed by atoms with Crippen molar-refractivity contribution in [2.45, 2.75) is 50.5 Å². The molecule has 0 spiro atoms. The fourth-order valence-corrected chi connectivity index (χ4v) is 5.56. The van der Waals surface area contributed by atoms with Crippen molar-refractivity contribution in [3.8, 4) is 0 Å². The molecule has 0 aromatic carbocycles. The second kappa shape index (κ2) is 9.40. The number of sulfone groups is 1. The van der Waals surface area contributed by atoms with Crippen molar-refractivity contribution in [3.63, 3.8) is 0 Å². The second-order valence-corrected chi connectivity index (χ2v) is 9.91. The van der Waals surface area contributed by atoms with Crippen LogP contribution in [-0.2, 0) is 27.7 Å². The Morgan fingerprint density at radius 2 is 1.90 bits per heavy atom. The molecule has 0 amide bonds. The maximum atomic E-state index is 12.8. The van der Waals surface area contributed by atoms with E-state index in [-0.39, 0.29) is 17.0 Å². The Balaban J connectivity index is 1.47. The van der Waals surface area contributed by atoms with Crippen molar-refractivity contribution in [1.29, 1.82) is 0 Å². The predicted octanol–water partition coefficient (Wildman–Crippen LogP) is 1.36. The molecule has 164 valence electrons. The topological polar surface area (TPSA) is 93.5 Å². The highest BCUT2D eigenvalue weighted by Crippen LogP contribution is 2.21. The molecule has 0 radical (unpaired) electrons. The van der Waals surface area contributed by atoms with Gasteiger partial charge in [-0.3, -0.25) is 4.90 Å². The molecule has 10 heteroatoms. The standard InChI is InChI=1S/C20H30N6O3S/c1-2-13-30(27,28)20-23-14-17(26(20)16-18-5-3-12-29-18)15-24-8-10-25(11-9-24)19-21-6-4-7-22-19/h4,6-7,14,18H,2-3,5,8-13,15-16H2,1H3. The van der Waals surface area contributed by atoms with E-state index >= 15 is 0 Å². The molecular formula is C20H30N6O3S. The normalized spacial score (nSPS) is 20.7. The Kier molecular flexibility index (Phi) is 6.64. The number of ether oxygens (including phenoxy) is 1. The van der Waals surface area contributed by atoms with Crippen LogP contribution in [0.1, 0.15) is 31.9 Å². The number of nitrogens with zero attached hydrogens (tertiary/aromatic N) is 6. The number of piperazine rings is 1. The zero-order chi connectivity index (χ0) is 21.0. The summed E-state index contributed by atoms with van der Waals surface area (Å²) in [7, 11) is -3.39. The molecule has 2 aromatic heterocycles. The summed E-state index contributed by atoms with van der Waals surface area (Å²) in [6.45, 7) is 7.24. The molecule has 2 aliphatic rings. The molecule has 0 bridgehead atoms. The lowest BCUT2D eigenvalue weighted by atomic mass is 10.2. The Labute approximate surface area is 178 Å². The van der Waals surface area contributed by atoms with Gasteiger partial charge in [0.2, 0.25) is 20.9 Å². The van der Waals surface area contributed by atoms with E-state index in [1.807, 2.05) is 17.6 Å². The fraction of sp³-hybridized carbons (Fsp3) is 0.650. The van der Waals surface area contributed by atoms with Gasteiger partial charge >= 0.3 is 0 Å². The molecule has 0 saturated carbocycles. The average molecular weight is 435 g/mol. The lowest BCUT2D eigenvalue weighted by molar-refractivity contribution is 0.0931. The van der Waals surface area contributed by atoms with Crippen molar-refractivity contribution in [3.05, 3.63) is 30.4 Å². The van der Waals surface area contributed by atoms with Crippen LogP contribution in [0, 0.1) is 0 Å². The van der Waals surface area contributed by atoms with Gasteiger partial charge in [0.25, 0.3) is 0 Å². The lowest BCUT2D eigenvalue weighted by Crippen LogP contribution is -2.46. The molecule has 0 N–H and O–H groups in total. The number of rotatable bonds is 8. The molecule has 4 rings (SSSR count). The summed E-state index contributed by atoms with van der Waals surface area (Å²) >= 11 is 0. The van der Waals surface area contributed by atoms with Crippen LogP contribution in [0.15, 0.2) is 29.8 Å². The Bertz CT molecular complexity index is 919. The molecule has 9 nitrogen and oxygen atoms in total. The largest absolute Gasteiger partial charge is 0.376 e. The average Bonchev–Trinajstić information content (AvgIpc) is 3.40. The van der Waals surface area contributed by atoms with Crippen LogP contribution in [-0.4, -0.2) is 77.5 Å². The van der Waals surface area contributed by atoms with E-state index in [0.29, 0.717) is 19.5 Å². The minimum absolute atomic E-state index is 0.0561. The van der Waals surface area contributed by atoms with Crippen LogP contribution in [0.4, 0.5) is 5.95 Å². The van der Waals surface area contributed by atoms with Crippen molar-refractivity contribution in [2.24, 2.45) is 0 Å². The summed E-state index contributed by atoms with van der Waals surface area (Å²) in [5.74, 6) is 0.874. The highest BCUT2D eigenvalue weighted by Gasteiger charge is 2.27. The third-order valence-corrected chi connectivity index (χ3v) is 7.48. The van der Waals surface area contributed by atoms with Gasteiger partial charge in [-0.25, -0.2) is 23.4 Å². The van der Waals surface area contributed by atoms with E-state index in [4.69, 9.17) is 4.74 Å². The maximum absolute atomic E-state index is 12.8. The number of anilines is 1. The smallest absolute Gasteiger partial charge is 0.227 e. The van der Waals surface area contributed by atoms with Gasteiger partial charge in [0.05, 0.1) is 30.3 Å². The van der Waals surface area contributed by atoms with E-state index in [1.165, 1.54) is 0 Å². The van der Waals surface area contributed by atoms with Crippen molar-refractivity contribution < 1.29 is 13.2 Å². The first-order chi connectivity index (χ1) is 14.6. The Hall–Kier alpha value is -2.04. The van der Waals surface area contributed by atoms with E-state index in [2.05, 4.69) is 24.8 Å². The summed E-state index contributed by atoms with van der Waals surface area (Å²) in [6, 6.07) is 1.82. The molecule has 0 aliphatic carbocycles. The summed E-state index contributed by atoms with van der Waals surface area (Å²) in [5.41, 5.74) is 0.935. The zero-order valence-corrected chi connectivity index (χ0v) is 18.3. The molecule has 2 fully saturated rings. The Morgan fingerprint density at radius 3 is 2.57 bits per heavy atom. The monoisotopic (exact) mass is 434 g/mol. The molecule has 2 aliphatic heterocycles. The van der Waals surface area contributed by atoms with Gasteiger partial charge in [-0.1, -0.05) is 6.92 Å². The van der Waals surface area contributed by atoms with Gasteiger partial charge in [-0.05, 0) is 25.3 Å². The highest BCUT2D eigenvalue weighted by molar-refractivity contribution is 7.91.